The van der Waals surface area contributed by atoms with Gasteiger partial charge in [-0.2, -0.15) is 0 Å². The molecule has 3 aromatic rings. The number of imidazole rings is 1. The maximum absolute atomic E-state index is 12.8. The first kappa shape index (κ1) is 23.6. The highest BCUT2D eigenvalue weighted by Gasteiger charge is 2.28. The maximum atomic E-state index is 12.8. The van der Waals surface area contributed by atoms with Crippen molar-refractivity contribution in [3.05, 3.63) is 35.9 Å². The molecule has 1 unspecified atom stereocenters. The van der Waals surface area contributed by atoms with Crippen molar-refractivity contribution in [1.82, 2.24) is 20.2 Å². The van der Waals surface area contributed by atoms with Crippen molar-refractivity contribution in [1.29, 1.82) is 0 Å². The number of nitrogens with two attached hydrogens (primary N) is 4. The molecule has 0 saturated heterocycles. The summed E-state index contributed by atoms with van der Waals surface area (Å²) in [5, 5.41) is 18.2. The number of benzene rings is 2. The van der Waals surface area contributed by atoms with Gasteiger partial charge >= 0.3 is 0 Å². The molecular formula is C17H23N9O4S2. The van der Waals surface area contributed by atoms with E-state index in [-0.39, 0.29) is 35.4 Å². The summed E-state index contributed by atoms with van der Waals surface area (Å²) >= 11 is 0. The number of nitrogens with one attached hydrogen (secondary N) is 3. The van der Waals surface area contributed by atoms with Gasteiger partial charge in [0.05, 0.1) is 15.9 Å². The molecule has 12 N–H and O–H groups in total. The molecule has 0 aliphatic carbocycles. The van der Waals surface area contributed by atoms with Gasteiger partial charge < -0.3 is 21.6 Å². The number of amidine groups is 1. The molecule has 0 spiro atoms. The highest BCUT2D eigenvalue weighted by atomic mass is 32.2. The fourth-order valence-corrected chi connectivity index (χ4v) is 5.56. The summed E-state index contributed by atoms with van der Waals surface area (Å²) in [5.41, 5.74) is 15.6. The zero-order chi connectivity index (χ0) is 23.5. The second-order valence-electron chi connectivity index (χ2n) is 6.55. The van der Waals surface area contributed by atoms with Crippen LogP contribution in [0.1, 0.15) is 12.0 Å². The third-order valence-electron chi connectivity index (χ3n) is 4.44. The molecule has 13 nitrogen and oxygen atoms in total. The number of para-hydroxylation sites is 1. The fourth-order valence-electron chi connectivity index (χ4n) is 3.19. The average Bonchev–Trinajstić information content (AvgIpc) is 3.12. The Morgan fingerprint density at radius 1 is 1.25 bits per heavy atom. The number of hydrogen-bond acceptors (Lipinski definition) is 9. The summed E-state index contributed by atoms with van der Waals surface area (Å²) in [6.07, 6.45) is 0.310. The minimum absolute atomic E-state index is 0.102. The molecule has 0 fully saturated rings. The van der Waals surface area contributed by atoms with E-state index >= 15 is 0 Å². The van der Waals surface area contributed by atoms with Gasteiger partial charge in [0.15, 0.2) is 11.8 Å². The summed E-state index contributed by atoms with van der Waals surface area (Å²) in [6, 6.07) is 8.04. The van der Waals surface area contributed by atoms with Crippen LogP contribution in [0.3, 0.4) is 0 Å². The van der Waals surface area contributed by atoms with E-state index in [0.29, 0.717) is 28.6 Å². The Labute approximate surface area is 185 Å². The van der Waals surface area contributed by atoms with Crippen molar-refractivity contribution in [2.45, 2.75) is 16.2 Å². The number of nitrogens with zero attached hydrogens (tertiary/aromatic N) is 2. The molecule has 172 valence electrons. The van der Waals surface area contributed by atoms with E-state index in [0.717, 1.165) is 0 Å². The standard InChI is InChI=1S/C17H23N9O4S2/c18-16(25-26-20)13-9(10-3-1-4-11-14(10)24-17(19)23-11)5-6-12(15(13)32(21,29)30)31(28)22-7-2-8-27/h1,3-6,22,26-27H,2,7-8,20H2,(H2,18,25)(H3,19,23,24)(H2,21,29,30). The summed E-state index contributed by atoms with van der Waals surface area (Å²) in [5.74, 6) is 5.12. The summed E-state index contributed by atoms with van der Waals surface area (Å²) in [7, 11) is -6.43. The predicted octanol–water partition coefficient (Wildman–Crippen LogP) is -1.46. The molecule has 0 aliphatic heterocycles. The Morgan fingerprint density at radius 2 is 2.00 bits per heavy atom. The summed E-state index contributed by atoms with van der Waals surface area (Å²) in [4.78, 5) is 6.54. The number of sulfonamides is 1. The van der Waals surface area contributed by atoms with Gasteiger partial charge in [0.2, 0.25) is 10.0 Å². The third kappa shape index (κ3) is 4.72. The van der Waals surface area contributed by atoms with Crippen LogP contribution in [0.25, 0.3) is 22.2 Å². The van der Waals surface area contributed by atoms with E-state index in [1.807, 2.05) is 5.53 Å². The Bertz CT molecular complexity index is 1300. The molecule has 0 aliphatic rings. The van der Waals surface area contributed by atoms with Crippen molar-refractivity contribution in [3.8, 4) is 11.1 Å². The van der Waals surface area contributed by atoms with Crippen LogP contribution < -0.4 is 32.7 Å². The lowest BCUT2D eigenvalue weighted by Gasteiger charge is -2.17. The second kappa shape index (κ2) is 9.60. The lowest BCUT2D eigenvalue weighted by molar-refractivity contribution is 0.289. The molecule has 1 aromatic heterocycles. The van der Waals surface area contributed by atoms with Crippen LogP contribution in [0.15, 0.2) is 45.2 Å². The molecule has 32 heavy (non-hydrogen) atoms. The number of rotatable bonds is 9. The van der Waals surface area contributed by atoms with Gasteiger partial charge in [0, 0.05) is 24.3 Å². The first-order valence-electron chi connectivity index (χ1n) is 9.18. The van der Waals surface area contributed by atoms with Gasteiger partial charge in [0.25, 0.3) is 0 Å². The Hall–Kier alpha value is -3.08. The first-order valence-corrected chi connectivity index (χ1v) is 11.9. The van der Waals surface area contributed by atoms with Crippen molar-refractivity contribution in [2.75, 3.05) is 18.9 Å². The van der Waals surface area contributed by atoms with Gasteiger partial charge in [-0.15, -0.1) is 5.10 Å². The van der Waals surface area contributed by atoms with Crippen LogP contribution in [0.5, 0.6) is 0 Å². The molecule has 15 heteroatoms. The summed E-state index contributed by atoms with van der Waals surface area (Å²) in [6.45, 7) is 0.0407. The van der Waals surface area contributed by atoms with Gasteiger partial charge in [-0.1, -0.05) is 18.2 Å². The zero-order valence-corrected chi connectivity index (χ0v) is 18.3. The zero-order valence-electron chi connectivity index (χ0n) is 16.7. The Morgan fingerprint density at radius 3 is 2.66 bits per heavy atom. The highest BCUT2D eigenvalue weighted by Crippen LogP contribution is 2.35. The number of primary sulfonamides is 1. The van der Waals surface area contributed by atoms with E-state index in [2.05, 4.69) is 19.8 Å². The Kier molecular flexibility index (Phi) is 7.07. The molecule has 0 radical (unpaired) electrons. The van der Waals surface area contributed by atoms with Crippen LogP contribution >= 0.6 is 0 Å². The van der Waals surface area contributed by atoms with E-state index in [1.54, 1.807) is 18.2 Å². The van der Waals surface area contributed by atoms with Crippen LogP contribution in [0.2, 0.25) is 0 Å². The minimum Gasteiger partial charge on any atom is -0.396 e. The molecule has 1 heterocycles. The van der Waals surface area contributed by atoms with Gasteiger partial charge in [-0.3, -0.25) is 0 Å². The number of hydrazine groups is 1. The normalized spacial score (nSPS) is 13.4. The van der Waals surface area contributed by atoms with Crippen molar-refractivity contribution < 1.29 is 17.7 Å². The maximum Gasteiger partial charge on any atom is 0.240 e. The lowest BCUT2D eigenvalue weighted by atomic mass is 9.97. The van der Waals surface area contributed by atoms with Crippen LogP contribution in [0.4, 0.5) is 5.95 Å². The van der Waals surface area contributed by atoms with Crippen LogP contribution in [0, 0.1) is 0 Å². The molecule has 0 amide bonds. The number of aromatic nitrogens is 2. The third-order valence-corrected chi connectivity index (χ3v) is 6.76. The summed E-state index contributed by atoms with van der Waals surface area (Å²) < 4.78 is 40.7. The van der Waals surface area contributed by atoms with Crippen molar-refractivity contribution in [3.63, 3.8) is 0 Å². The molecular weight excluding hydrogens is 458 g/mol. The lowest BCUT2D eigenvalue weighted by Crippen LogP contribution is -2.29. The quantitative estimate of drug-likeness (QED) is 0.0584. The number of aliphatic hydroxyl groups excluding tert-OH is 1. The fraction of sp³-hybridized carbons (Fsp3) is 0.176. The monoisotopic (exact) mass is 481 g/mol. The first-order chi connectivity index (χ1) is 15.2. The molecule has 1 atom stereocenters. The number of anilines is 1. The highest BCUT2D eigenvalue weighted by molar-refractivity contribution is 7.90. The van der Waals surface area contributed by atoms with Crippen molar-refractivity contribution in [2.24, 2.45) is 21.8 Å². The number of hydrogen-bond donors (Lipinski definition) is 8. The molecule has 0 saturated carbocycles. The Balaban J connectivity index is 2.36. The number of fused-ring (bicyclic) bond motifs is 1. The van der Waals surface area contributed by atoms with Crippen LogP contribution in [-0.4, -0.2) is 46.7 Å². The smallest absolute Gasteiger partial charge is 0.240 e. The van der Waals surface area contributed by atoms with E-state index in [1.165, 1.54) is 12.1 Å². The predicted molar refractivity (Wildman–Crippen MR) is 121 cm³/mol. The SMILES string of the molecule is NN/N=C(\N)c1c(-c2cccc3[nH]c(N)nc23)ccc(S(=O)NCCCO)c1S(N)(=O)=O. The number of aliphatic hydroxyl groups is 1. The van der Waals surface area contributed by atoms with E-state index in [9.17, 15) is 12.6 Å². The van der Waals surface area contributed by atoms with E-state index in [4.69, 9.17) is 27.6 Å². The second-order valence-corrected chi connectivity index (χ2v) is 9.31. The van der Waals surface area contributed by atoms with Crippen LogP contribution in [-0.2, 0) is 21.0 Å². The number of hydrazone groups is 1. The van der Waals surface area contributed by atoms with Gasteiger partial charge in [-0.25, -0.2) is 38.8 Å². The number of aromatic amines is 1. The average molecular weight is 482 g/mol. The topological polar surface area (TPSA) is 241 Å². The van der Waals surface area contributed by atoms with Gasteiger partial charge in [-0.05, 0) is 24.1 Å². The minimum atomic E-state index is -4.45. The molecule has 0 bridgehead atoms. The number of H-pyrrole nitrogens is 1. The number of nitrogen functional groups attached to an aromatic ring is 1. The van der Waals surface area contributed by atoms with Gasteiger partial charge in [0.1, 0.15) is 15.9 Å². The van der Waals surface area contributed by atoms with Crippen molar-refractivity contribution >= 4 is 43.8 Å². The largest absolute Gasteiger partial charge is 0.396 e. The molecule has 2 aromatic carbocycles. The van der Waals surface area contributed by atoms with E-state index < -0.39 is 25.9 Å². The molecule has 3 rings (SSSR count).